The minimum Gasteiger partial charge on any atom is -0.489 e. The Hall–Kier alpha value is -3.60. The maximum Gasteiger partial charge on any atom is 0.119 e. The van der Waals surface area contributed by atoms with Gasteiger partial charge in [-0.25, -0.2) is 0 Å². The van der Waals surface area contributed by atoms with Gasteiger partial charge in [-0.3, -0.25) is 0 Å². The Morgan fingerprint density at radius 2 is 0.875 bits per heavy atom. The zero-order chi connectivity index (χ0) is 22.2. The largest absolute Gasteiger partial charge is 0.489 e. The van der Waals surface area contributed by atoms with Gasteiger partial charge < -0.3 is 19.7 Å². The van der Waals surface area contributed by atoms with E-state index in [0.29, 0.717) is 13.2 Å². The van der Waals surface area contributed by atoms with E-state index in [2.05, 4.69) is 36.4 Å². The quantitative estimate of drug-likeness (QED) is 0.371. The fourth-order valence-corrected chi connectivity index (χ4v) is 3.40. The molecule has 0 amide bonds. The van der Waals surface area contributed by atoms with Crippen molar-refractivity contribution in [3.05, 3.63) is 119 Å². The Bertz CT molecular complexity index is 1040. The van der Waals surface area contributed by atoms with Gasteiger partial charge in [-0.2, -0.15) is 0 Å². The van der Waals surface area contributed by atoms with Gasteiger partial charge in [0.1, 0.15) is 24.7 Å². The van der Waals surface area contributed by atoms with Crippen molar-refractivity contribution in [3.63, 3.8) is 0 Å². The van der Waals surface area contributed by atoms with Crippen molar-refractivity contribution in [2.75, 3.05) is 0 Å². The van der Waals surface area contributed by atoms with Crippen LogP contribution in [0.3, 0.4) is 0 Å². The van der Waals surface area contributed by atoms with Gasteiger partial charge in [0.05, 0.1) is 13.2 Å². The lowest BCUT2D eigenvalue weighted by atomic mass is 10.0. The summed E-state index contributed by atoms with van der Waals surface area (Å²) < 4.78 is 11.8. The monoisotopic (exact) mass is 426 g/mol. The first-order valence-electron chi connectivity index (χ1n) is 10.6. The number of benzene rings is 4. The summed E-state index contributed by atoms with van der Waals surface area (Å²) in [6, 6.07) is 31.6. The summed E-state index contributed by atoms with van der Waals surface area (Å²) >= 11 is 0. The van der Waals surface area contributed by atoms with Crippen molar-refractivity contribution >= 4 is 0 Å². The summed E-state index contributed by atoms with van der Waals surface area (Å²) in [5, 5.41) is 18.3. The molecule has 0 heterocycles. The molecule has 4 nitrogen and oxygen atoms in total. The van der Waals surface area contributed by atoms with E-state index in [4.69, 9.17) is 19.7 Å². The molecule has 0 aliphatic carbocycles. The van der Waals surface area contributed by atoms with Gasteiger partial charge in [0, 0.05) is 0 Å². The molecule has 4 aromatic rings. The van der Waals surface area contributed by atoms with Gasteiger partial charge in [0.2, 0.25) is 0 Å². The molecule has 0 radical (unpaired) electrons. The molecule has 0 bridgehead atoms. The Labute approximate surface area is 188 Å². The number of aliphatic hydroxyl groups excluding tert-OH is 2. The lowest BCUT2D eigenvalue weighted by Crippen LogP contribution is -1.97. The predicted molar refractivity (Wildman–Crippen MR) is 125 cm³/mol. The van der Waals surface area contributed by atoms with Crippen LogP contribution in [0, 0.1) is 0 Å². The fourth-order valence-electron chi connectivity index (χ4n) is 3.40. The SMILES string of the molecule is OCc1ccc(OCc2cccc(-c3cccc(COc4ccc(CO)cc4)c3)c2)cc1. The van der Waals surface area contributed by atoms with E-state index < -0.39 is 0 Å². The molecular weight excluding hydrogens is 400 g/mol. The second-order valence-electron chi connectivity index (χ2n) is 7.58. The standard InChI is InChI=1S/C28H26O4/c29-17-21-7-11-27(12-8-21)31-19-23-3-1-5-25(15-23)26-6-2-4-24(16-26)20-32-28-13-9-22(18-30)10-14-28/h1-16,29-30H,17-20H2. The fraction of sp³-hybridized carbons (Fsp3) is 0.143. The minimum absolute atomic E-state index is 0.0302. The first-order valence-corrected chi connectivity index (χ1v) is 10.6. The molecule has 162 valence electrons. The Kier molecular flexibility index (Phi) is 7.18. The summed E-state index contributed by atoms with van der Waals surface area (Å²) in [4.78, 5) is 0. The van der Waals surface area contributed by atoms with E-state index in [1.165, 1.54) is 0 Å². The van der Waals surface area contributed by atoms with Crippen LogP contribution in [0.2, 0.25) is 0 Å². The highest BCUT2D eigenvalue weighted by Gasteiger charge is 2.04. The van der Waals surface area contributed by atoms with Crippen molar-refractivity contribution in [3.8, 4) is 22.6 Å². The highest BCUT2D eigenvalue weighted by molar-refractivity contribution is 5.65. The van der Waals surface area contributed by atoms with Gasteiger partial charge in [-0.1, -0.05) is 60.7 Å². The molecule has 0 saturated heterocycles. The van der Waals surface area contributed by atoms with Crippen LogP contribution in [-0.2, 0) is 26.4 Å². The second kappa shape index (κ2) is 10.6. The van der Waals surface area contributed by atoms with Crippen molar-refractivity contribution in [1.82, 2.24) is 0 Å². The summed E-state index contributed by atoms with van der Waals surface area (Å²) in [6.07, 6.45) is 0. The van der Waals surface area contributed by atoms with Crippen LogP contribution >= 0.6 is 0 Å². The zero-order valence-electron chi connectivity index (χ0n) is 17.8. The smallest absolute Gasteiger partial charge is 0.119 e. The molecule has 0 saturated carbocycles. The van der Waals surface area contributed by atoms with Gasteiger partial charge in [0.15, 0.2) is 0 Å². The lowest BCUT2D eigenvalue weighted by molar-refractivity contribution is 0.280. The van der Waals surface area contributed by atoms with E-state index >= 15 is 0 Å². The second-order valence-corrected chi connectivity index (χ2v) is 7.58. The van der Waals surface area contributed by atoms with Gasteiger partial charge in [0.25, 0.3) is 0 Å². The van der Waals surface area contributed by atoms with Crippen LogP contribution in [0.4, 0.5) is 0 Å². The zero-order valence-corrected chi connectivity index (χ0v) is 17.8. The van der Waals surface area contributed by atoms with E-state index in [1.807, 2.05) is 60.7 Å². The van der Waals surface area contributed by atoms with Crippen LogP contribution in [0.15, 0.2) is 97.1 Å². The highest BCUT2D eigenvalue weighted by atomic mass is 16.5. The number of hydrogen-bond acceptors (Lipinski definition) is 4. The molecular formula is C28H26O4. The Morgan fingerprint density at radius 1 is 0.469 bits per heavy atom. The first-order chi connectivity index (χ1) is 15.7. The van der Waals surface area contributed by atoms with Gasteiger partial charge in [-0.05, 0) is 69.8 Å². The predicted octanol–water partition coefficient (Wildman–Crippen LogP) is 5.50. The summed E-state index contributed by atoms with van der Waals surface area (Å²) in [7, 11) is 0. The van der Waals surface area contributed by atoms with Crippen LogP contribution < -0.4 is 9.47 Å². The van der Waals surface area contributed by atoms with Crippen LogP contribution in [0.25, 0.3) is 11.1 Å². The average Bonchev–Trinajstić information content (AvgIpc) is 2.87. The molecule has 0 fully saturated rings. The van der Waals surface area contributed by atoms with Crippen LogP contribution in [0.1, 0.15) is 22.3 Å². The maximum absolute atomic E-state index is 9.15. The molecule has 0 aromatic heterocycles. The van der Waals surface area contributed by atoms with Crippen molar-refractivity contribution < 1.29 is 19.7 Å². The number of ether oxygens (including phenoxy) is 2. The molecule has 4 rings (SSSR count). The molecule has 0 aliphatic rings. The molecule has 4 aromatic carbocycles. The molecule has 32 heavy (non-hydrogen) atoms. The Morgan fingerprint density at radius 3 is 1.25 bits per heavy atom. The van der Waals surface area contributed by atoms with E-state index in [1.54, 1.807) is 0 Å². The third kappa shape index (κ3) is 5.76. The maximum atomic E-state index is 9.15. The Balaban J connectivity index is 1.40. The summed E-state index contributed by atoms with van der Waals surface area (Å²) in [6.45, 7) is 1.00. The van der Waals surface area contributed by atoms with Crippen LogP contribution in [0.5, 0.6) is 11.5 Å². The molecule has 2 N–H and O–H groups in total. The number of rotatable bonds is 9. The van der Waals surface area contributed by atoms with E-state index in [0.717, 1.165) is 44.9 Å². The average molecular weight is 427 g/mol. The highest BCUT2D eigenvalue weighted by Crippen LogP contribution is 2.24. The lowest BCUT2D eigenvalue weighted by Gasteiger charge is -2.11. The number of aliphatic hydroxyl groups is 2. The first kappa shape index (κ1) is 21.6. The van der Waals surface area contributed by atoms with Crippen molar-refractivity contribution in [2.24, 2.45) is 0 Å². The summed E-state index contributed by atoms with van der Waals surface area (Å²) in [5.41, 5.74) is 6.14. The molecule has 0 atom stereocenters. The van der Waals surface area contributed by atoms with Gasteiger partial charge >= 0.3 is 0 Å². The van der Waals surface area contributed by atoms with Crippen molar-refractivity contribution in [1.29, 1.82) is 0 Å². The molecule has 0 spiro atoms. The third-order valence-electron chi connectivity index (χ3n) is 5.21. The van der Waals surface area contributed by atoms with E-state index in [-0.39, 0.29) is 13.2 Å². The number of hydrogen-bond donors (Lipinski definition) is 2. The minimum atomic E-state index is 0.0302. The van der Waals surface area contributed by atoms with Crippen molar-refractivity contribution in [2.45, 2.75) is 26.4 Å². The molecule has 0 aliphatic heterocycles. The summed E-state index contributed by atoms with van der Waals surface area (Å²) in [5.74, 6) is 1.55. The molecule has 4 heteroatoms. The van der Waals surface area contributed by atoms with Gasteiger partial charge in [-0.15, -0.1) is 0 Å². The third-order valence-corrected chi connectivity index (χ3v) is 5.21. The molecule has 0 unspecified atom stereocenters. The topological polar surface area (TPSA) is 58.9 Å². The normalized spacial score (nSPS) is 10.7. The van der Waals surface area contributed by atoms with Crippen LogP contribution in [-0.4, -0.2) is 10.2 Å². The van der Waals surface area contributed by atoms with E-state index in [9.17, 15) is 0 Å².